The van der Waals surface area contributed by atoms with Crippen LogP contribution in [0.25, 0.3) is 0 Å². The Morgan fingerprint density at radius 2 is 1.41 bits per heavy atom. The van der Waals surface area contributed by atoms with Crippen molar-refractivity contribution in [2.24, 2.45) is 0 Å². The second-order valence-corrected chi connectivity index (χ2v) is 8.87. The summed E-state index contributed by atoms with van der Waals surface area (Å²) in [6.45, 7) is 7.62. The van der Waals surface area contributed by atoms with Crippen molar-refractivity contribution in [3.63, 3.8) is 0 Å². The Bertz CT molecular complexity index is 931. The summed E-state index contributed by atoms with van der Waals surface area (Å²) in [6, 6.07) is 11.8. The van der Waals surface area contributed by atoms with E-state index in [1.54, 1.807) is 44.4 Å². The molecular formula is C26H36N2O6. The lowest BCUT2D eigenvalue weighted by Crippen LogP contribution is -2.54. The first-order chi connectivity index (χ1) is 16.1. The molecule has 0 saturated carbocycles. The van der Waals surface area contributed by atoms with Gasteiger partial charge in [0.05, 0.1) is 21.3 Å². The van der Waals surface area contributed by atoms with Crippen LogP contribution in [0.15, 0.2) is 42.5 Å². The number of ether oxygens (including phenoxy) is 4. The lowest BCUT2D eigenvalue weighted by atomic mass is 10.1. The van der Waals surface area contributed by atoms with E-state index < -0.39 is 11.6 Å². The first-order valence-electron chi connectivity index (χ1n) is 11.2. The summed E-state index contributed by atoms with van der Waals surface area (Å²) >= 11 is 0. The van der Waals surface area contributed by atoms with Crippen LogP contribution in [0.5, 0.6) is 23.0 Å². The van der Waals surface area contributed by atoms with Crippen LogP contribution in [0.4, 0.5) is 0 Å². The van der Waals surface area contributed by atoms with E-state index >= 15 is 0 Å². The topological polar surface area (TPSA) is 86.3 Å². The molecular weight excluding hydrogens is 436 g/mol. The molecule has 0 aliphatic rings. The molecule has 2 amide bonds. The van der Waals surface area contributed by atoms with E-state index in [9.17, 15) is 9.59 Å². The second kappa shape index (κ2) is 12.2. The van der Waals surface area contributed by atoms with Crippen molar-refractivity contribution in [3.8, 4) is 23.0 Å². The molecule has 0 fully saturated rings. The average Bonchev–Trinajstić information content (AvgIpc) is 2.81. The highest BCUT2D eigenvalue weighted by atomic mass is 16.5. The molecule has 0 radical (unpaired) electrons. The number of benzene rings is 2. The SMILES string of the molecule is CC[C@H](C(=O)NC(C)(C)C)N(Cc1ccc(OC)cc1)C(=O)COc1cc(OC)cc(OC)c1. The summed E-state index contributed by atoms with van der Waals surface area (Å²) in [5.74, 6) is 1.73. The number of methoxy groups -OCH3 is 3. The number of hydrogen-bond donors (Lipinski definition) is 1. The van der Waals surface area contributed by atoms with Gasteiger partial charge in [-0.1, -0.05) is 19.1 Å². The third kappa shape index (κ3) is 7.86. The molecule has 1 N–H and O–H groups in total. The smallest absolute Gasteiger partial charge is 0.261 e. The van der Waals surface area contributed by atoms with Gasteiger partial charge in [0.15, 0.2) is 6.61 Å². The second-order valence-electron chi connectivity index (χ2n) is 8.87. The van der Waals surface area contributed by atoms with Gasteiger partial charge in [-0.2, -0.15) is 0 Å². The van der Waals surface area contributed by atoms with E-state index in [4.69, 9.17) is 18.9 Å². The van der Waals surface area contributed by atoms with Gasteiger partial charge in [0.1, 0.15) is 29.0 Å². The maximum Gasteiger partial charge on any atom is 0.261 e. The third-order valence-electron chi connectivity index (χ3n) is 5.08. The first-order valence-corrected chi connectivity index (χ1v) is 11.2. The fraction of sp³-hybridized carbons (Fsp3) is 0.462. The highest BCUT2D eigenvalue weighted by molar-refractivity contribution is 5.88. The van der Waals surface area contributed by atoms with Gasteiger partial charge >= 0.3 is 0 Å². The first kappa shape index (κ1) is 26.8. The molecule has 0 aliphatic heterocycles. The van der Waals surface area contributed by atoms with Gasteiger partial charge in [-0.3, -0.25) is 9.59 Å². The summed E-state index contributed by atoms with van der Waals surface area (Å²) in [5, 5.41) is 2.99. The van der Waals surface area contributed by atoms with Crippen molar-refractivity contribution < 1.29 is 28.5 Å². The standard InChI is InChI=1S/C26H36N2O6/c1-8-23(25(30)27-26(2,3)4)28(16-18-9-11-19(31-5)12-10-18)24(29)17-34-22-14-20(32-6)13-21(15-22)33-7/h9-15,23H,8,16-17H2,1-7H3,(H,27,30)/t23-/m1/s1. The van der Waals surface area contributed by atoms with Crippen molar-refractivity contribution >= 4 is 11.8 Å². The molecule has 8 nitrogen and oxygen atoms in total. The third-order valence-corrected chi connectivity index (χ3v) is 5.08. The van der Waals surface area contributed by atoms with Gasteiger partial charge in [-0.05, 0) is 44.9 Å². The molecule has 0 spiro atoms. The summed E-state index contributed by atoms with van der Waals surface area (Å²) in [5.41, 5.74) is 0.451. The van der Waals surface area contributed by atoms with Gasteiger partial charge < -0.3 is 29.2 Å². The molecule has 2 aromatic rings. The number of carbonyl (C=O) groups excluding carboxylic acids is 2. The summed E-state index contributed by atoms with van der Waals surface area (Å²) < 4.78 is 21.5. The van der Waals surface area contributed by atoms with Gasteiger partial charge in [0.25, 0.3) is 5.91 Å². The zero-order chi connectivity index (χ0) is 25.3. The number of amides is 2. The van der Waals surface area contributed by atoms with Crippen molar-refractivity contribution in [3.05, 3.63) is 48.0 Å². The van der Waals surface area contributed by atoms with Gasteiger partial charge in [-0.25, -0.2) is 0 Å². The van der Waals surface area contributed by atoms with Crippen molar-refractivity contribution in [2.75, 3.05) is 27.9 Å². The van der Waals surface area contributed by atoms with Crippen molar-refractivity contribution in [2.45, 2.75) is 52.2 Å². The zero-order valence-electron chi connectivity index (χ0n) is 21.1. The molecule has 0 unspecified atom stereocenters. The highest BCUT2D eigenvalue weighted by Crippen LogP contribution is 2.27. The quantitative estimate of drug-likeness (QED) is 0.535. The maximum absolute atomic E-state index is 13.4. The minimum atomic E-state index is -0.655. The minimum Gasteiger partial charge on any atom is -0.497 e. The Balaban J connectivity index is 2.27. The van der Waals surface area contributed by atoms with Crippen LogP contribution in [0.1, 0.15) is 39.7 Å². The van der Waals surface area contributed by atoms with Crippen LogP contribution in [0.3, 0.4) is 0 Å². The van der Waals surface area contributed by atoms with Crippen LogP contribution in [0, 0.1) is 0 Å². The Labute approximate surface area is 202 Å². The van der Waals surface area contributed by atoms with E-state index in [-0.39, 0.29) is 25.0 Å². The summed E-state index contributed by atoms with van der Waals surface area (Å²) in [4.78, 5) is 28.0. The highest BCUT2D eigenvalue weighted by Gasteiger charge is 2.31. The van der Waals surface area contributed by atoms with E-state index in [1.165, 1.54) is 0 Å². The Morgan fingerprint density at radius 1 is 0.882 bits per heavy atom. The van der Waals surface area contributed by atoms with Gasteiger partial charge in [0, 0.05) is 30.3 Å². The Hall–Kier alpha value is -3.42. The Morgan fingerprint density at radius 3 is 1.88 bits per heavy atom. The molecule has 0 aliphatic carbocycles. The molecule has 0 saturated heterocycles. The molecule has 2 aromatic carbocycles. The van der Waals surface area contributed by atoms with E-state index in [0.29, 0.717) is 23.7 Å². The molecule has 8 heteroatoms. The van der Waals surface area contributed by atoms with Crippen LogP contribution < -0.4 is 24.3 Å². The van der Waals surface area contributed by atoms with E-state index in [2.05, 4.69) is 5.32 Å². The lowest BCUT2D eigenvalue weighted by Gasteiger charge is -2.33. The molecule has 186 valence electrons. The zero-order valence-corrected chi connectivity index (χ0v) is 21.1. The number of nitrogens with zero attached hydrogens (tertiary/aromatic N) is 1. The molecule has 2 rings (SSSR count). The monoisotopic (exact) mass is 472 g/mol. The molecule has 0 bridgehead atoms. The molecule has 1 atom stereocenters. The normalized spacial score (nSPS) is 11.9. The number of nitrogens with one attached hydrogen (secondary N) is 1. The molecule has 34 heavy (non-hydrogen) atoms. The Kier molecular flexibility index (Phi) is 9.59. The van der Waals surface area contributed by atoms with Crippen molar-refractivity contribution in [1.82, 2.24) is 10.2 Å². The van der Waals surface area contributed by atoms with Gasteiger partial charge in [0.2, 0.25) is 5.91 Å². The summed E-state index contributed by atoms with van der Waals surface area (Å²) in [7, 11) is 4.68. The lowest BCUT2D eigenvalue weighted by molar-refractivity contribution is -0.143. The van der Waals surface area contributed by atoms with E-state index in [0.717, 1.165) is 11.3 Å². The molecule has 0 heterocycles. The maximum atomic E-state index is 13.4. The van der Waals surface area contributed by atoms with Crippen LogP contribution in [0.2, 0.25) is 0 Å². The number of carbonyl (C=O) groups is 2. The minimum absolute atomic E-state index is 0.208. The van der Waals surface area contributed by atoms with E-state index in [1.807, 2.05) is 52.0 Å². The fourth-order valence-electron chi connectivity index (χ4n) is 3.39. The largest absolute Gasteiger partial charge is 0.497 e. The average molecular weight is 473 g/mol. The number of hydrogen-bond acceptors (Lipinski definition) is 6. The van der Waals surface area contributed by atoms with Crippen LogP contribution in [-0.2, 0) is 16.1 Å². The summed E-state index contributed by atoms with van der Waals surface area (Å²) in [6.07, 6.45) is 0.455. The fourth-order valence-corrected chi connectivity index (χ4v) is 3.39. The number of rotatable bonds is 11. The van der Waals surface area contributed by atoms with Crippen LogP contribution in [-0.4, -0.2) is 56.2 Å². The van der Waals surface area contributed by atoms with Gasteiger partial charge in [-0.15, -0.1) is 0 Å². The predicted molar refractivity (Wildman–Crippen MR) is 131 cm³/mol. The van der Waals surface area contributed by atoms with Crippen LogP contribution >= 0.6 is 0 Å². The molecule has 0 aromatic heterocycles. The predicted octanol–water partition coefficient (Wildman–Crippen LogP) is 3.81. The van der Waals surface area contributed by atoms with Crippen molar-refractivity contribution in [1.29, 1.82) is 0 Å².